The van der Waals surface area contributed by atoms with Gasteiger partial charge in [-0.25, -0.2) is 8.78 Å². The van der Waals surface area contributed by atoms with E-state index in [1.807, 2.05) is 0 Å². The van der Waals surface area contributed by atoms with E-state index in [9.17, 15) is 8.78 Å². The Morgan fingerprint density at radius 1 is 1.25 bits per heavy atom. The van der Waals surface area contributed by atoms with Crippen LogP contribution in [0.25, 0.3) is 0 Å². The first-order chi connectivity index (χ1) is 1.41. The normalized spacial score (nSPS) is 4.50. The zero-order chi connectivity index (χ0) is 2.71. The monoisotopic (exact) mass is 68.0 g/mol. The maximum Gasteiger partial charge on any atom is 0.229 e. The molecule has 0 aliphatic carbocycles. The first kappa shape index (κ1) is 9.13. The van der Waals surface area contributed by atoms with Crippen molar-refractivity contribution in [1.82, 2.24) is 0 Å². The quantitative estimate of drug-likeness (QED) is 0.403. The van der Waals surface area contributed by atoms with Crippen molar-refractivity contribution in [3.8, 4) is 0 Å². The SMILES string of the molecule is C.FCF. The van der Waals surface area contributed by atoms with Crippen LogP contribution < -0.4 is 0 Å². The molecule has 0 atom stereocenters. The molecule has 0 fully saturated rings. The van der Waals surface area contributed by atoms with Crippen molar-refractivity contribution >= 4 is 0 Å². The fourth-order valence-electron chi connectivity index (χ4n) is 0. The minimum atomic E-state index is -1.75. The summed E-state index contributed by atoms with van der Waals surface area (Å²) in [6, 6.07) is 0. The summed E-state index contributed by atoms with van der Waals surface area (Å²) in [5, 5.41) is 0. The number of hydrogen-bond donors (Lipinski definition) is 0. The van der Waals surface area contributed by atoms with E-state index >= 15 is 0 Å². The fraction of sp³-hybridized carbons (Fsp3) is 1.00. The molecule has 0 saturated heterocycles. The summed E-state index contributed by atoms with van der Waals surface area (Å²) >= 11 is 0. The van der Waals surface area contributed by atoms with E-state index in [0.29, 0.717) is 0 Å². The van der Waals surface area contributed by atoms with Crippen LogP contribution in [-0.2, 0) is 0 Å². The summed E-state index contributed by atoms with van der Waals surface area (Å²) in [4.78, 5) is 0. The van der Waals surface area contributed by atoms with Crippen LogP contribution in [0.2, 0.25) is 0 Å². The molecule has 0 aromatic rings. The Hall–Kier alpha value is -0.140. The van der Waals surface area contributed by atoms with Gasteiger partial charge in [-0.15, -0.1) is 0 Å². The third-order valence-corrected chi connectivity index (χ3v) is 0. The van der Waals surface area contributed by atoms with Crippen molar-refractivity contribution in [2.75, 3.05) is 6.93 Å². The zero-order valence-corrected chi connectivity index (χ0v) is 1.46. The van der Waals surface area contributed by atoms with Gasteiger partial charge in [0, 0.05) is 0 Å². The van der Waals surface area contributed by atoms with E-state index in [0.717, 1.165) is 0 Å². The molecule has 0 N–H and O–H groups in total. The van der Waals surface area contributed by atoms with Crippen LogP contribution in [0.4, 0.5) is 8.78 Å². The lowest BCUT2D eigenvalue weighted by Gasteiger charge is -1.42. The molecule has 0 saturated carbocycles. The fourth-order valence-corrected chi connectivity index (χ4v) is 0. The average Bonchev–Trinajstić information content (AvgIpc) is 0.918. The number of rotatable bonds is 0. The summed E-state index contributed by atoms with van der Waals surface area (Å²) in [7, 11) is 0. The standard InChI is InChI=1S/CH2F2.CH4/c2-1-3;/h1H2;1H4. The summed E-state index contributed by atoms with van der Waals surface area (Å²) in [6.07, 6.45) is 0. The molecule has 0 aromatic carbocycles. The van der Waals surface area contributed by atoms with Gasteiger partial charge in [0.05, 0.1) is 0 Å². The molecule has 0 unspecified atom stereocenters. The second-order valence-corrected chi connectivity index (χ2v) is 0.101. The number of alkyl halides is 2. The summed E-state index contributed by atoms with van der Waals surface area (Å²) in [5.41, 5.74) is 0. The highest BCUT2D eigenvalue weighted by atomic mass is 19.3. The molecule has 0 heterocycles. The molecule has 0 amide bonds. The second-order valence-electron chi connectivity index (χ2n) is 0.101. The van der Waals surface area contributed by atoms with E-state index in [1.165, 1.54) is 0 Å². The van der Waals surface area contributed by atoms with Crippen LogP contribution in [0.3, 0.4) is 0 Å². The summed E-state index contributed by atoms with van der Waals surface area (Å²) < 4.78 is 19.2. The van der Waals surface area contributed by atoms with E-state index in [2.05, 4.69) is 0 Å². The molecule has 0 aliphatic heterocycles. The highest BCUT2D eigenvalue weighted by Crippen LogP contribution is 1.56. The van der Waals surface area contributed by atoms with Crippen LogP contribution in [0.15, 0.2) is 0 Å². The zero-order valence-electron chi connectivity index (χ0n) is 1.46. The van der Waals surface area contributed by atoms with Gasteiger partial charge in [0.25, 0.3) is 0 Å². The molecule has 28 valence electrons. The Morgan fingerprint density at radius 2 is 1.25 bits per heavy atom. The maximum absolute atomic E-state index is 9.62. The third kappa shape index (κ3) is 70.2. The molecule has 0 radical (unpaired) electrons. The van der Waals surface area contributed by atoms with E-state index in [-0.39, 0.29) is 7.43 Å². The average molecular weight is 68.1 g/mol. The van der Waals surface area contributed by atoms with Crippen LogP contribution in [0.1, 0.15) is 7.43 Å². The highest BCUT2D eigenvalue weighted by molar-refractivity contribution is 3.57. The van der Waals surface area contributed by atoms with E-state index in [1.54, 1.807) is 0 Å². The Morgan fingerprint density at radius 3 is 1.25 bits per heavy atom. The minimum Gasteiger partial charge on any atom is -0.214 e. The highest BCUT2D eigenvalue weighted by Gasteiger charge is 1.44. The lowest BCUT2D eigenvalue weighted by atomic mass is 11.7. The maximum atomic E-state index is 9.62. The lowest BCUT2D eigenvalue weighted by molar-refractivity contribution is 0.295. The summed E-state index contributed by atoms with van der Waals surface area (Å²) in [6.45, 7) is -1.75. The topological polar surface area (TPSA) is 0 Å². The Labute approximate surface area is 24.4 Å². The summed E-state index contributed by atoms with van der Waals surface area (Å²) in [5.74, 6) is 0. The first-order valence-electron chi connectivity index (χ1n) is 0.535. The molecule has 4 heavy (non-hydrogen) atoms. The first-order valence-corrected chi connectivity index (χ1v) is 0.535. The van der Waals surface area contributed by atoms with E-state index < -0.39 is 6.93 Å². The smallest absolute Gasteiger partial charge is 0.214 e. The Bertz CT molecular complexity index is 4.00. The van der Waals surface area contributed by atoms with Gasteiger partial charge in [-0.2, -0.15) is 0 Å². The van der Waals surface area contributed by atoms with Crippen LogP contribution in [0, 0.1) is 0 Å². The molecule has 0 bridgehead atoms. The molecular formula is C2H6F2. The van der Waals surface area contributed by atoms with Crippen molar-refractivity contribution < 1.29 is 8.78 Å². The van der Waals surface area contributed by atoms with Crippen molar-refractivity contribution in [2.24, 2.45) is 0 Å². The molecule has 0 aromatic heterocycles. The molecule has 0 spiro atoms. The predicted molar refractivity (Wildman–Crippen MR) is 13.8 cm³/mol. The van der Waals surface area contributed by atoms with Crippen molar-refractivity contribution in [3.05, 3.63) is 0 Å². The van der Waals surface area contributed by atoms with Gasteiger partial charge < -0.3 is 0 Å². The predicted octanol–water partition coefficient (Wildman–Crippen LogP) is 1.52. The van der Waals surface area contributed by atoms with Crippen molar-refractivity contribution in [1.29, 1.82) is 0 Å². The van der Waals surface area contributed by atoms with Gasteiger partial charge in [-0.05, 0) is 0 Å². The van der Waals surface area contributed by atoms with Gasteiger partial charge in [0.1, 0.15) is 0 Å². The third-order valence-electron chi connectivity index (χ3n) is 0. The molecule has 0 nitrogen and oxygen atoms in total. The molecular weight excluding hydrogens is 62.0 g/mol. The van der Waals surface area contributed by atoms with Crippen molar-refractivity contribution in [3.63, 3.8) is 0 Å². The van der Waals surface area contributed by atoms with Gasteiger partial charge in [0.2, 0.25) is 6.93 Å². The second kappa shape index (κ2) is 13.4. The van der Waals surface area contributed by atoms with Crippen LogP contribution in [-0.4, -0.2) is 6.93 Å². The molecule has 0 rings (SSSR count). The number of hydrogen-bond acceptors (Lipinski definition) is 0. The Balaban J connectivity index is 0. The lowest BCUT2D eigenvalue weighted by Crippen LogP contribution is -1.34. The Kier molecular flexibility index (Phi) is 30.5. The number of halogens is 2. The van der Waals surface area contributed by atoms with Gasteiger partial charge >= 0.3 is 0 Å². The van der Waals surface area contributed by atoms with Gasteiger partial charge in [-0.1, -0.05) is 7.43 Å². The van der Waals surface area contributed by atoms with Crippen molar-refractivity contribution in [2.45, 2.75) is 7.43 Å². The minimum absolute atomic E-state index is 0. The van der Waals surface area contributed by atoms with Crippen LogP contribution in [0.5, 0.6) is 0 Å². The largest absolute Gasteiger partial charge is 0.229 e. The molecule has 2 heteroatoms. The van der Waals surface area contributed by atoms with E-state index in [4.69, 9.17) is 0 Å². The molecule has 0 aliphatic rings. The van der Waals surface area contributed by atoms with Crippen LogP contribution >= 0.6 is 0 Å². The van der Waals surface area contributed by atoms with Gasteiger partial charge in [0.15, 0.2) is 0 Å². The van der Waals surface area contributed by atoms with Gasteiger partial charge in [-0.3, -0.25) is 0 Å².